The van der Waals surface area contributed by atoms with Gasteiger partial charge in [-0.25, -0.2) is 8.42 Å². The molecule has 28 heavy (non-hydrogen) atoms. The van der Waals surface area contributed by atoms with Crippen LogP contribution >= 0.6 is 11.3 Å². The maximum atomic E-state index is 12.6. The van der Waals surface area contributed by atoms with Crippen LogP contribution in [0.1, 0.15) is 29.3 Å². The van der Waals surface area contributed by atoms with Crippen molar-refractivity contribution in [3.8, 4) is 0 Å². The van der Waals surface area contributed by atoms with Gasteiger partial charge in [0, 0.05) is 37.8 Å². The lowest BCUT2D eigenvalue weighted by atomic mass is 10.2. The number of nitrogens with zero attached hydrogens (tertiary/aromatic N) is 4. The minimum absolute atomic E-state index is 0.367. The number of anilines is 2. The molecule has 0 radical (unpaired) electrons. The maximum Gasteiger partial charge on any atom is 0.242 e. The molecule has 10 heteroatoms. The van der Waals surface area contributed by atoms with Gasteiger partial charge in [-0.2, -0.15) is 4.31 Å². The van der Waals surface area contributed by atoms with Crippen molar-refractivity contribution in [2.24, 2.45) is 0 Å². The number of carbonyl (C=O) groups is 1. The minimum Gasteiger partial charge on any atom is -0.369 e. The maximum absolute atomic E-state index is 12.6. The van der Waals surface area contributed by atoms with E-state index in [4.69, 9.17) is 0 Å². The number of nitrogens with one attached hydrogen (secondary N) is 1. The molecule has 1 saturated heterocycles. The normalized spacial score (nSPS) is 18.2. The number of sulfonamides is 1. The van der Waals surface area contributed by atoms with Crippen molar-refractivity contribution in [1.29, 1.82) is 0 Å². The monoisotopic (exact) mass is 421 g/mol. The summed E-state index contributed by atoms with van der Waals surface area (Å²) in [4.78, 5) is 14.4. The smallest absolute Gasteiger partial charge is 0.242 e. The van der Waals surface area contributed by atoms with Crippen LogP contribution in [0.25, 0.3) is 0 Å². The van der Waals surface area contributed by atoms with Crippen molar-refractivity contribution >= 4 is 38.1 Å². The molecule has 1 aromatic carbocycles. The number of carbonyl (C=O) groups excluding carboxylic acids is 1. The Morgan fingerprint density at radius 3 is 2.64 bits per heavy atom. The quantitative estimate of drug-likeness (QED) is 0.764. The lowest BCUT2D eigenvalue weighted by Gasteiger charge is -2.35. The second-order valence-electron chi connectivity index (χ2n) is 7.25. The van der Waals surface area contributed by atoms with Crippen molar-refractivity contribution in [3.05, 3.63) is 34.8 Å². The predicted molar refractivity (Wildman–Crippen MR) is 109 cm³/mol. The van der Waals surface area contributed by atoms with Crippen LogP contribution in [0.5, 0.6) is 0 Å². The van der Waals surface area contributed by atoms with Crippen molar-refractivity contribution in [3.63, 3.8) is 0 Å². The van der Waals surface area contributed by atoms with E-state index in [0.717, 1.165) is 23.5 Å². The zero-order valence-corrected chi connectivity index (χ0v) is 17.3. The highest BCUT2D eigenvalue weighted by atomic mass is 32.2. The summed E-state index contributed by atoms with van der Waals surface area (Å²) < 4.78 is 26.6. The lowest BCUT2D eigenvalue weighted by Crippen LogP contribution is -2.50. The van der Waals surface area contributed by atoms with Crippen molar-refractivity contribution in [2.45, 2.75) is 25.7 Å². The van der Waals surface area contributed by atoms with E-state index in [1.165, 1.54) is 21.2 Å². The Morgan fingerprint density at radius 1 is 1.21 bits per heavy atom. The summed E-state index contributed by atoms with van der Waals surface area (Å²) in [6.45, 7) is 3.98. The Bertz CT molecular complexity index is 963. The first-order valence-electron chi connectivity index (χ1n) is 9.33. The fourth-order valence-corrected chi connectivity index (χ4v) is 5.48. The van der Waals surface area contributed by atoms with Gasteiger partial charge in [-0.3, -0.25) is 10.1 Å². The van der Waals surface area contributed by atoms with Gasteiger partial charge in [0.25, 0.3) is 0 Å². The van der Waals surface area contributed by atoms with Crippen LogP contribution in [0, 0.1) is 6.92 Å². The number of benzene rings is 1. The third-order valence-corrected chi connectivity index (χ3v) is 7.71. The molecule has 1 N–H and O–H groups in total. The molecule has 150 valence electrons. The van der Waals surface area contributed by atoms with Crippen LogP contribution in [0.15, 0.2) is 24.3 Å². The predicted octanol–water partition coefficient (Wildman–Crippen LogP) is 1.81. The molecule has 0 bridgehead atoms. The first kappa shape index (κ1) is 19.3. The average Bonchev–Trinajstić information content (AvgIpc) is 3.41. The van der Waals surface area contributed by atoms with Gasteiger partial charge in [-0.1, -0.05) is 23.5 Å². The number of piperazine rings is 1. The zero-order valence-electron chi connectivity index (χ0n) is 15.7. The number of aromatic nitrogens is 2. The molecule has 2 aliphatic rings. The van der Waals surface area contributed by atoms with Gasteiger partial charge < -0.3 is 4.90 Å². The van der Waals surface area contributed by atoms with Gasteiger partial charge in [0.2, 0.25) is 21.1 Å². The molecule has 2 fully saturated rings. The van der Waals surface area contributed by atoms with Crippen LogP contribution < -0.4 is 10.2 Å². The fraction of sp³-hybridized carbons (Fsp3) is 0.500. The third-order valence-electron chi connectivity index (χ3n) is 4.93. The summed E-state index contributed by atoms with van der Waals surface area (Å²) in [5.41, 5.74) is 2.27. The lowest BCUT2D eigenvalue weighted by molar-refractivity contribution is -0.113. The van der Waals surface area contributed by atoms with Crippen LogP contribution in [0.2, 0.25) is 0 Å². The highest BCUT2D eigenvalue weighted by Gasteiger charge is 2.30. The van der Waals surface area contributed by atoms with E-state index in [2.05, 4.69) is 26.5 Å². The van der Waals surface area contributed by atoms with Gasteiger partial charge >= 0.3 is 0 Å². The van der Waals surface area contributed by atoms with Crippen molar-refractivity contribution in [2.75, 3.05) is 42.1 Å². The molecule has 2 aromatic rings. The molecule has 1 aromatic heterocycles. The van der Waals surface area contributed by atoms with Crippen LogP contribution in [-0.2, 0) is 14.8 Å². The summed E-state index contributed by atoms with van der Waals surface area (Å²) in [5.74, 6) is -0.688. The van der Waals surface area contributed by atoms with Gasteiger partial charge in [0.15, 0.2) is 0 Å². The Kier molecular flexibility index (Phi) is 5.35. The molecule has 2 heterocycles. The van der Waals surface area contributed by atoms with Crippen molar-refractivity contribution in [1.82, 2.24) is 14.5 Å². The Labute approximate surface area is 168 Å². The summed E-state index contributed by atoms with van der Waals surface area (Å²) in [6.07, 6.45) is 2.21. The van der Waals surface area contributed by atoms with E-state index >= 15 is 0 Å². The molecule has 1 aliphatic heterocycles. The first-order valence-corrected chi connectivity index (χ1v) is 11.8. The SMILES string of the molecule is Cc1cccc(N2CCN(S(=O)(=O)CC(=O)Nc3nnc(C4CC4)s3)CC2)c1. The number of amides is 1. The molecule has 8 nitrogen and oxygen atoms in total. The molecule has 4 rings (SSSR count). The highest BCUT2D eigenvalue weighted by molar-refractivity contribution is 7.89. The van der Waals surface area contributed by atoms with Crippen LogP contribution in [0.4, 0.5) is 10.8 Å². The van der Waals surface area contributed by atoms with Gasteiger partial charge in [-0.15, -0.1) is 10.2 Å². The summed E-state index contributed by atoms with van der Waals surface area (Å²) >= 11 is 1.32. The Balaban J connectivity index is 1.31. The van der Waals surface area contributed by atoms with E-state index in [1.54, 1.807) is 0 Å². The molecule has 0 unspecified atom stereocenters. The third kappa shape index (κ3) is 4.50. The molecule has 0 atom stereocenters. The summed E-state index contributed by atoms with van der Waals surface area (Å²) in [7, 11) is -3.66. The van der Waals surface area contributed by atoms with Crippen LogP contribution in [0.3, 0.4) is 0 Å². The van der Waals surface area contributed by atoms with E-state index in [0.29, 0.717) is 37.2 Å². The second kappa shape index (κ2) is 7.76. The molecule has 1 aliphatic carbocycles. The average molecular weight is 422 g/mol. The van der Waals surface area contributed by atoms with E-state index in [-0.39, 0.29) is 0 Å². The van der Waals surface area contributed by atoms with Gasteiger partial charge in [0.05, 0.1) is 0 Å². The Morgan fingerprint density at radius 2 is 1.96 bits per heavy atom. The van der Waals surface area contributed by atoms with E-state index in [9.17, 15) is 13.2 Å². The van der Waals surface area contributed by atoms with E-state index < -0.39 is 21.7 Å². The zero-order chi connectivity index (χ0) is 19.7. The topological polar surface area (TPSA) is 95.5 Å². The molecular formula is C18H23N5O3S2. The molecule has 1 amide bonds. The number of hydrogen-bond acceptors (Lipinski definition) is 7. The van der Waals surface area contributed by atoms with E-state index in [1.807, 2.05) is 25.1 Å². The molecular weight excluding hydrogens is 398 g/mol. The summed E-state index contributed by atoms with van der Waals surface area (Å²) in [6, 6.07) is 8.16. The molecule has 0 spiro atoms. The first-order chi connectivity index (χ1) is 13.4. The second-order valence-corrected chi connectivity index (χ2v) is 10.2. The van der Waals surface area contributed by atoms with Gasteiger partial charge in [0.1, 0.15) is 10.8 Å². The van der Waals surface area contributed by atoms with Crippen LogP contribution in [-0.4, -0.2) is 60.8 Å². The van der Waals surface area contributed by atoms with Crippen molar-refractivity contribution < 1.29 is 13.2 Å². The summed E-state index contributed by atoms with van der Waals surface area (Å²) in [5, 5.41) is 11.8. The van der Waals surface area contributed by atoms with Gasteiger partial charge in [-0.05, 0) is 37.5 Å². The Hall–Kier alpha value is -2.04. The standard InChI is InChI=1S/C18H23N5O3S2/c1-13-3-2-4-15(11-13)22-7-9-23(10-8-22)28(25,26)12-16(24)19-18-21-20-17(27-18)14-5-6-14/h2-4,11,14H,5-10,12H2,1H3,(H,19,21,24). The number of hydrogen-bond donors (Lipinski definition) is 1. The fourth-order valence-electron chi connectivity index (χ4n) is 3.24. The minimum atomic E-state index is -3.66. The highest BCUT2D eigenvalue weighted by Crippen LogP contribution is 2.42. The largest absolute Gasteiger partial charge is 0.369 e. The number of rotatable bonds is 6. The number of aryl methyl sites for hydroxylation is 1. The molecule has 1 saturated carbocycles.